The van der Waals surface area contributed by atoms with Crippen molar-refractivity contribution in [2.45, 2.75) is 45.1 Å². The zero-order valence-electron chi connectivity index (χ0n) is 18.8. The van der Waals surface area contributed by atoms with Crippen LogP contribution in [-0.2, 0) is 17.8 Å². The molecule has 2 aromatic heterocycles. The van der Waals surface area contributed by atoms with Crippen molar-refractivity contribution >= 4 is 17.7 Å². The van der Waals surface area contributed by atoms with Crippen LogP contribution in [0.3, 0.4) is 0 Å². The van der Waals surface area contributed by atoms with Crippen LogP contribution in [0.5, 0.6) is 0 Å². The fraction of sp³-hybridized carbons (Fsp3) is 0.308. The maximum atomic E-state index is 12.5. The van der Waals surface area contributed by atoms with Gasteiger partial charge in [-0.2, -0.15) is 5.10 Å². The Labute approximate surface area is 193 Å². The Morgan fingerprint density at radius 2 is 2.03 bits per heavy atom. The molecule has 1 saturated carbocycles. The molecule has 1 amide bonds. The number of hydrogen-bond acceptors (Lipinski definition) is 5. The first-order valence-corrected chi connectivity index (χ1v) is 11.5. The standard InChI is InChI=1S/C26H28N6O/c1-17-20(8-5-11-27-15-18-6-3-2-4-7-18)24(19-9-10-19)22(30-17)14-21-25(31-32-26(21)33)23-16-28-12-13-29-23/h2-4,6-7,12-14,16,19,27,30H,5,8-11,15H2,1H3,(H,32,33)/b21-14+. The zero-order chi connectivity index (χ0) is 22.6. The third-order valence-corrected chi connectivity index (χ3v) is 6.19. The number of carbonyl (C=O) groups excluding carboxylic acids is 1. The molecule has 2 aliphatic rings. The fourth-order valence-corrected chi connectivity index (χ4v) is 4.43. The minimum atomic E-state index is -0.212. The highest BCUT2D eigenvalue weighted by Crippen LogP contribution is 2.45. The molecule has 33 heavy (non-hydrogen) atoms. The van der Waals surface area contributed by atoms with E-state index < -0.39 is 0 Å². The van der Waals surface area contributed by atoms with Crippen molar-refractivity contribution in [2.75, 3.05) is 6.54 Å². The molecule has 1 aromatic carbocycles. The highest BCUT2D eigenvalue weighted by molar-refractivity contribution is 6.32. The summed E-state index contributed by atoms with van der Waals surface area (Å²) < 4.78 is 0. The van der Waals surface area contributed by atoms with Crippen LogP contribution in [0.25, 0.3) is 6.08 Å². The monoisotopic (exact) mass is 440 g/mol. The van der Waals surface area contributed by atoms with E-state index >= 15 is 0 Å². The predicted molar refractivity (Wildman–Crippen MR) is 129 cm³/mol. The summed E-state index contributed by atoms with van der Waals surface area (Å²) in [6, 6.07) is 10.5. The molecule has 5 rings (SSSR count). The van der Waals surface area contributed by atoms with Gasteiger partial charge in [-0.3, -0.25) is 14.8 Å². The Morgan fingerprint density at radius 1 is 1.18 bits per heavy atom. The molecule has 7 heteroatoms. The van der Waals surface area contributed by atoms with Crippen LogP contribution in [0, 0.1) is 6.92 Å². The van der Waals surface area contributed by atoms with E-state index in [1.807, 2.05) is 12.1 Å². The second-order valence-corrected chi connectivity index (χ2v) is 8.65. The summed E-state index contributed by atoms with van der Waals surface area (Å²) in [6.07, 6.45) is 11.3. The SMILES string of the molecule is Cc1[nH]c(/C=C2/C(=O)NN=C2c2cnccn2)c(C2CC2)c1CCCNCc1ccccc1. The second-order valence-electron chi connectivity index (χ2n) is 8.65. The largest absolute Gasteiger partial charge is 0.359 e. The summed E-state index contributed by atoms with van der Waals surface area (Å²) >= 11 is 0. The van der Waals surface area contributed by atoms with E-state index in [9.17, 15) is 4.79 Å². The van der Waals surface area contributed by atoms with Gasteiger partial charge in [0.1, 0.15) is 11.4 Å². The number of nitrogens with one attached hydrogen (secondary N) is 3. The molecule has 0 radical (unpaired) electrons. The highest BCUT2D eigenvalue weighted by Gasteiger charge is 2.32. The lowest BCUT2D eigenvalue weighted by molar-refractivity contribution is -0.116. The number of H-pyrrole nitrogens is 1. The maximum absolute atomic E-state index is 12.5. The molecule has 168 valence electrons. The number of aryl methyl sites for hydroxylation is 1. The third-order valence-electron chi connectivity index (χ3n) is 6.19. The van der Waals surface area contributed by atoms with E-state index in [0.717, 1.165) is 31.6 Å². The summed E-state index contributed by atoms with van der Waals surface area (Å²) in [6.45, 7) is 3.98. The lowest BCUT2D eigenvalue weighted by Gasteiger charge is -2.08. The normalized spacial score (nSPS) is 16.8. The van der Waals surface area contributed by atoms with Gasteiger partial charge in [0, 0.05) is 30.3 Å². The molecular weight excluding hydrogens is 412 g/mol. The number of carbonyl (C=O) groups is 1. The van der Waals surface area contributed by atoms with Gasteiger partial charge in [0.05, 0.1) is 11.8 Å². The molecule has 1 fully saturated rings. The average molecular weight is 441 g/mol. The van der Waals surface area contributed by atoms with Crippen LogP contribution in [0.15, 0.2) is 59.6 Å². The first kappa shape index (κ1) is 21.3. The number of hydrazone groups is 1. The van der Waals surface area contributed by atoms with Crippen LogP contribution < -0.4 is 10.7 Å². The first-order valence-electron chi connectivity index (χ1n) is 11.5. The third kappa shape index (κ3) is 4.78. The number of aromatic nitrogens is 3. The molecule has 7 nitrogen and oxygen atoms in total. The molecule has 1 aliphatic carbocycles. The van der Waals surface area contributed by atoms with E-state index in [1.54, 1.807) is 18.6 Å². The van der Waals surface area contributed by atoms with Crippen molar-refractivity contribution in [1.82, 2.24) is 25.7 Å². The summed E-state index contributed by atoms with van der Waals surface area (Å²) in [4.78, 5) is 24.5. The van der Waals surface area contributed by atoms with E-state index in [2.05, 4.69) is 62.0 Å². The fourth-order valence-electron chi connectivity index (χ4n) is 4.43. The van der Waals surface area contributed by atoms with Gasteiger partial charge in [0.2, 0.25) is 0 Å². The van der Waals surface area contributed by atoms with E-state index in [-0.39, 0.29) is 5.91 Å². The lowest BCUT2D eigenvalue weighted by Crippen LogP contribution is -2.15. The Balaban J connectivity index is 1.32. The van der Waals surface area contributed by atoms with Gasteiger partial charge in [0.15, 0.2) is 0 Å². The van der Waals surface area contributed by atoms with Crippen LogP contribution >= 0.6 is 0 Å². The number of hydrogen-bond donors (Lipinski definition) is 3. The molecule has 3 aromatic rings. The van der Waals surface area contributed by atoms with E-state index in [4.69, 9.17) is 0 Å². The predicted octanol–water partition coefficient (Wildman–Crippen LogP) is 3.63. The molecule has 0 saturated heterocycles. The Morgan fingerprint density at radius 3 is 2.79 bits per heavy atom. The van der Waals surface area contributed by atoms with Gasteiger partial charge < -0.3 is 10.3 Å². The Kier molecular flexibility index (Phi) is 6.13. The summed E-state index contributed by atoms with van der Waals surface area (Å²) in [5, 5.41) is 7.75. The van der Waals surface area contributed by atoms with Crippen LogP contribution in [0.4, 0.5) is 0 Å². The molecule has 0 atom stereocenters. The molecular formula is C26H28N6O. The summed E-state index contributed by atoms with van der Waals surface area (Å²) in [7, 11) is 0. The van der Waals surface area contributed by atoms with Crippen LogP contribution in [-0.4, -0.2) is 33.1 Å². The molecule has 0 unspecified atom stereocenters. The zero-order valence-corrected chi connectivity index (χ0v) is 18.8. The van der Waals surface area contributed by atoms with Gasteiger partial charge in [-0.25, -0.2) is 5.43 Å². The van der Waals surface area contributed by atoms with Crippen molar-refractivity contribution in [1.29, 1.82) is 0 Å². The quantitative estimate of drug-likeness (QED) is 0.350. The second kappa shape index (κ2) is 9.50. The molecule has 0 bridgehead atoms. The number of aromatic amines is 1. The van der Waals surface area contributed by atoms with E-state index in [0.29, 0.717) is 22.9 Å². The van der Waals surface area contributed by atoms with Crippen molar-refractivity contribution < 1.29 is 4.79 Å². The summed E-state index contributed by atoms with van der Waals surface area (Å²) in [5.41, 5.74) is 10.5. The highest BCUT2D eigenvalue weighted by atomic mass is 16.2. The smallest absolute Gasteiger partial charge is 0.273 e. The molecule has 0 spiro atoms. The topological polar surface area (TPSA) is 95.1 Å². The number of nitrogens with zero attached hydrogens (tertiary/aromatic N) is 3. The van der Waals surface area contributed by atoms with Crippen molar-refractivity contribution in [3.63, 3.8) is 0 Å². The van der Waals surface area contributed by atoms with Gasteiger partial charge in [0.25, 0.3) is 5.91 Å². The number of rotatable bonds is 9. The minimum absolute atomic E-state index is 0.212. The molecule has 3 N–H and O–H groups in total. The minimum Gasteiger partial charge on any atom is -0.359 e. The van der Waals surface area contributed by atoms with Crippen molar-refractivity contribution in [3.05, 3.63) is 88.3 Å². The average Bonchev–Trinajstić information content (AvgIpc) is 3.55. The van der Waals surface area contributed by atoms with Gasteiger partial charge in [-0.05, 0) is 67.8 Å². The Hall–Kier alpha value is -3.58. The van der Waals surface area contributed by atoms with Crippen LogP contribution in [0.1, 0.15) is 59.0 Å². The van der Waals surface area contributed by atoms with Gasteiger partial charge >= 0.3 is 0 Å². The van der Waals surface area contributed by atoms with Crippen molar-refractivity contribution in [3.8, 4) is 0 Å². The van der Waals surface area contributed by atoms with Crippen molar-refractivity contribution in [2.24, 2.45) is 5.10 Å². The van der Waals surface area contributed by atoms with Crippen LogP contribution in [0.2, 0.25) is 0 Å². The van der Waals surface area contributed by atoms with Gasteiger partial charge in [-0.15, -0.1) is 0 Å². The summed E-state index contributed by atoms with van der Waals surface area (Å²) in [5.74, 6) is 0.353. The Bertz CT molecular complexity index is 1190. The van der Waals surface area contributed by atoms with E-state index in [1.165, 1.54) is 35.2 Å². The van der Waals surface area contributed by atoms with Gasteiger partial charge in [-0.1, -0.05) is 30.3 Å². The molecule has 1 aliphatic heterocycles. The number of amides is 1. The lowest BCUT2D eigenvalue weighted by atomic mass is 9.98. The molecule has 3 heterocycles. The number of benzene rings is 1. The maximum Gasteiger partial charge on any atom is 0.273 e. The first-order chi connectivity index (χ1) is 16.2.